The second kappa shape index (κ2) is 5.63. The first-order valence-electron chi connectivity index (χ1n) is 7.76. The smallest absolute Gasteiger partial charge is 0.270 e. The van der Waals surface area contributed by atoms with Crippen molar-refractivity contribution in [2.75, 3.05) is 5.32 Å². The van der Waals surface area contributed by atoms with Crippen LogP contribution < -0.4 is 5.32 Å². The molecule has 0 amide bonds. The fraction of sp³-hybridized carbons (Fsp3) is 0.278. The number of imidazole rings is 1. The number of benzene rings is 1. The molecule has 1 aromatic carbocycles. The van der Waals surface area contributed by atoms with Gasteiger partial charge in [-0.3, -0.25) is 14.5 Å². The molecule has 2 heterocycles. The van der Waals surface area contributed by atoms with Gasteiger partial charge < -0.3 is 5.32 Å². The zero-order valence-corrected chi connectivity index (χ0v) is 14.2. The van der Waals surface area contributed by atoms with Crippen molar-refractivity contribution in [3.05, 3.63) is 58.3 Å². The number of nitrogens with zero attached hydrogens (tertiary/aromatic N) is 3. The number of anilines is 1. The Bertz CT molecular complexity index is 922. The lowest BCUT2D eigenvalue weighted by Crippen LogP contribution is -2.27. The van der Waals surface area contributed by atoms with E-state index in [1.54, 1.807) is 12.1 Å². The van der Waals surface area contributed by atoms with Crippen molar-refractivity contribution in [1.29, 1.82) is 0 Å². The molecule has 3 rings (SSSR count). The minimum absolute atomic E-state index is 0.0578. The summed E-state index contributed by atoms with van der Waals surface area (Å²) in [6, 6.07) is 10.5. The number of rotatable bonds is 3. The Hall–Kier alpha value is -2.89. The zero-order valence-electron chi connectivity index (χ0n) is 14.2. The van der Waals surface area contributed by atoms with Crippen molar-refractivity contribution in [1.82, 2.24) is 9.38 Å². The zero-order chi connectivity index (χ0) is 17.5. The normalized spacial score (nSPS) is 11.7. The standard InChI is InChI=1S/C18H20N4O2/c1-12-8-9-15-19-16(13-6-5-7-14(10-13)22(23)24)17(21(15)11-12)20-18(2,3)4/h5-11,20H,1-4H3. The number of hydrogen-bond donors (Lipinski definition) is 1. The summed E-state index contributed by atoms with van der Waals surface area (Å²) in [7, 11) is 0. The van der Waals surface area contributed by atoms with Crippen LogP contribution in [0, 0.1) is 17.0 Å². The van der Waals surface area contributed by atoms with E-state index in [1.165, 1.54) is 6.07 Å². The van der Waals surface area contributed by atoms with Gasteiger partial charge in [0.25, 0.3) is 5.69 Å². The van der Waals surface area contributed by atoms with Crippen molar-refractivity contribution in [3.8, 4) is 11.3 Å². The first-order valence-corrected chi connectivity index (χ1v) is 7.76. The summed E-state index contributed by atoms with van der Waals surface area (Å²) in [6.45, 7) is 8.23. The molecule has 0 fully saturated rings. The van der Waals surface area contributed by atoms with Gasteiger partial charge in [0.2, 0.25) is 0 Å². The molecule has 124 valence electrons. The molecule has 24 heavy (non-hydrogen) atoms. The summed E-state index contributed by atoms with van der Waals surface area (Å²) in [5, 5.41) is 14.6. The molecule has 0 aliphatic carbocycles. The van der Waals surface area contributed by atoms with Crippen LogP contribution in [0.2, 0.25) is 0 Å². The highest BCUT2D eigenvalue weighted by molar-refractivity contribution is 5.78. The minimum atomic E-state index is -0.389. The second-order valence-corrected chi connectivity index (χ2v) is 6.93. The first-order chi connectivity index (χ1) is 11.2. The molecule has 1 N–H and O–H groups in total. The van der Waals surface area contributed by atoms with Crippen LogP contribution in [-0.4, -0.2) is 19.8 Å². The topological polar surface area (TPSA) is 72.5 Å². The maximum Gasteiger partial charge on any atom is 0.270 e. The number of non-ortho nitro benzene ring substituents is 1. The van der Waals surface area contributed by atoms with E-state index in [9.17, 15) is 10.1 Å². The van der Waals surface area contributed by atoms with Crippen molar-refractivity contribution >= 4 is 17.2 Å². The highest BCUT2D eigenvalue weighted by Gasteiger charge is 2.20. The number of hydrogen-bond acceptors (Lipinski definition) is 4. The fourth-order valence-corrected chi connectivity index (χ4v) is 2.59. The SMILES string of the molecule is Cc1ccc2nc(-c3cccc([N+](=O)[O-])c3)c(NC(C)(C)C)n2c1. The molecule has 2 aromatic heterocycles. The van der Waals surface area contributed by atoms with Crippen LogP contribution >= 0.6 is 0 Å². The molecule has 0 aliphatic rings. The maximum atomic E-state index is 11.1. The predicted molar refractivity (Wildman–Crippen MR) is 95.4 cm³/mol. The molecule has 0 spiro atoms. The Balaban J connectivity index is 2.25. The van der Waals surface area contributed by atoms with Crippen molar-refractivity contribution in [3.63, 3.8) is 0 Å². The molecule has 0 aliphatic heterocycles. The molecule has 0 bridgehead atoms. The molecular weight excluding hydrogens is 304 g/mol. The third-order valence-electron chi connectivity index (χ3n) is 3.59. The van der Waals surface area contributed by atoms with Gasteiger partial charge in [0.05, 0.1) is 4.92 Å². The van der Waals surface area contributed by atoms with E-state index in [1.807, 2.05) is 35.7 Å². The molecule has 0 unspecified atom stereocenters. The van der Waals surface area contributed by atoms with Gasteiger partial charge in [-0.25, -0.2) is 4.98 Å². The van der Waals surface area contributed by atoms with Gasteiger partial charge in [-0.2, -0.15) is 0 Å². The van der Waals surface area contributed by atoms with Gasteiger partial charge in [-0.15, -0.1) is 0 Å². The highest BCUT2D eigenvalue weighted by Crippen LogP contribution is 2.32. The maximum absolute atomic E-state index is 11.1. The first kappa shape index (κ1) is 16.0. The van der Waals surface area contributed by atoms with Crippen LogP contribution in [0.4, 0.5) is 11.5 Å². The summed E-state index contributed by atoms with van der Waals surface area (Å²) >= 11 is 0. The summed E-state index contributed by atoms with van der Waals surface area (Å²) < 4.78 is 1.99. The van der Waals surface area contributed by atoms with Crippen molar-refractivity contribution in [2.45, 2.75) is 33.2 Å². The average molecular weight is 324 g/mol. The van der Waals surface area contributed by atoms with Crippen LogP contribution in [0.5, 0.6) is 0 Å². The fourth-order valence-electron chi connectivity index (χ4n) is 2.59. The third-order valence-corrected chi connectivity index (χ3v) is 3.59. The van der Waals surface area contributed by atoms with Crippen LogP contribution in [0.15, 0.2) is 42.6 Å². The lowest BCUT2D eigenvalue weighted by molar-refractivity contribution is -0.384. The molecular formula is C18H20N4O2. The van der Waals surface area contributed by atoms with Gasteiger partial charge in [-0.1, -0.05) is 18.2 Å². The average Bonchev–Trinajstić information content (AvgIpc) is 2.84. The van der Waals surface area contributed by atoms with Crippen molar-refractivity contribution < 1.29 is 4.92 Å². The summed E-state index contributed by atoms with van der Waals surface area (Å²) in [5.74, 6) is 0.835. The number of fused-ring (bicyclic) bond motifs is 1. The Morgan fingerprint density at radius 3 is 2.62 bits per heavy atom. The van der Waals surface area contributed by atoms with Crippen molar-refractivity contribution in [2.24, 2.45) is 0 Å². The van der Waals surface area contributed by atoms with Gasteiger partial charge in [0, 0.05) is 29.4 Å². The molecule has 0 radical (unpaired) electrons. The van der Waals surface area contributed by atoms with E-state index in [-0.39, 0.29) is 16.1 Å². The Kier molecular flexibility index (Phi) is 3.75. The van der Waals surface area contributed by atoms with Crippen LogP contribution in [-0.2, 0) is 0 Å². The largest absolute Gasteiger partial charge is 0.365 e. The quantitative estimate of drug-likeness (QED) is 0.571. The van der Waals surface area contributed by atoms with E-state index >= 15 is 0 Å². The second-order valence-electron chi connectivity index (χ2n) is 6.93. The lowest BCUT2D eigenvalue weighted by Gasteiger charge is -2.22. The van der Waals surface area contributed by atoms with E-state index in [4.69, 9.17) is 0 Å². The number of nitro benzene ring substituents is 1. The van der Waals surface area contributed by atoms with Gasteiger partial charge in [-0.05, 0) is 39.3 Å². The molecule has 0 atom stereocenters. The Labute approximate surface area is 140 Å². The van der Waals surface area contributed by atoms with Crippen LogP contribution in [0.25, 0.3) is 16.9 Å². The molecule has 6 heteroatoms. The molecule has 0 saturated heterocycles. The van der Waals surface area contributed by atoms with Gasteiger partial charge >= 0.3 is 0 Å². The summed E-state index contributed by atoms with van der Waals surface area (Å²) in [6.07, 6.45) is 2.01. The van der Waals surface area contributed by atoms with Crippen LogP contribution in [0.1, 0.15) is 26.3 Å². The van der Waals surface area contributed by atoms with E-state index < -0.39 is 0 Å². The molecule has 6 nitrogen and oxygen atoms in total. The number of pyridine rings is 1. The van der Waals surface area contributed by atoms with E-state index in [2.05, 4.69) is 31.1 Å². The summed E-state index contributed by atoms with van der Waals surface area (Å²) in [5.41, 5.74) is 3.23. The van der Waals surface area contributed by atoms with Gasteiger partial charge in [0.1, 0.15) is 17.2 Å². The number of nitrogens with one attached hydrogen (secondary N) is 1. The number of nitro groups is 1. The van der Waals surface area contributed by atoms with E-state index in [0.717, 1.165) is 22.6 Å². The van der Waals surface area contributed by atoms with Gasteiger partial charge in [0.15, 0.2) is 0 Å². The molecule has 3 aromatic rings. The monoisotopic (exact) mass is 324 g/mol. The Morgan fingerprint density at radius 1 is 1.21 bits per heavy atom. The van der Waals surface area contributed by atoms with E-state index in [0.29, 0.717) is 5.69 Å². The number of aryl methyl sites for hydroxylation is 1. The summed E-state index contributed by atoms with van der Waals surface area (Å²) in [4.78, 5) is 15.4. The van der Waals surface area contributed by atoms with Crippen LogP contribution in [0.3, 0.4) is 0 Å². The third kappa shape index (κ3) is 3.08. The Morgan fingerprint density at radius 2 is 1.96 bits per heavy atom. The minimum Gasteiger partial charge on any atom is -0.365 e. The number of aromatic nitrogens is 2. The lowest BCUT2D eigenvalue weighted by atomic mass is 10.1. The molecule has 0 saturated carbocycles. The predicted octanol–water partition coefficient (Wildman–Crippen LogP) is 4.43. The highest BCUT2D eigenvalue weighted by atomic mass is 16.6.